The number of carbonyl (C=O) groups excluding carboxylic acids is 4. The van der Waals surface area contributed by atoms with E-state index in [1.54, 1.807) is 20.8 Å². The molecule has 1 N–H and O–H groups in total. The van der Waals surface area contributed by atoms with E-state index < -0.39 is 35.8 Å². The van der Waals surface area contributed by atoms with Crippen molar-refractivity contribution in [1.29, 1.82) is 0 Å². The zero-order valence-electron chi connectivity index (χ0n) is 12.4. The number of imide groups is 2. The van der Waals surface area contributed by atoms with Gasteiger partial charge in [0.2, 0.25) is 5.91 Å². The first-order valence-corrected chi connectivity index (χ1v) is 6.65. The molecule has 0 aromatic heterocycles. The molecule has 1 heterocycles. The number of rotatable bonds is 5. The van der Waals surface area contributed by atoms with E-state index in [4.69, 9.17) is 0 Å². The maximum absolute atomic E-state index is 12.0. The van der Waals surface area contributed by atoms with Crippen molar-refractivity contribution in [2.24, 2.45) is 0 Å². The van der Waals surface area contributed by atoms with Gasteiger partial charge in [-0.2, -0.15) is 0 Å². The highest BCUT2D eigenvalue weighted by Gasteiger charge is 2.44. The quantitative estimate of drug-likeness (QED) is 0.587. The van der Waals surface area contributed by atoms with Gasteiger partial charge < -0.3 is 5.32 Å². The molecule has 0 unspecified atom stereocenters. The van der Waals surface area contributed by atoms with Gasteiger partial charge in [0.25, 0.3) is 0 Å². The normalized spacial score (nSPS) is 16.1. The van der Waals surface area contributed by atoms with Crippen LogP contribution in [-0.4, -0.2) is 52.2 Å². The van der Waals surface area contributed by atoms with Gasteiger partial charge in [-0.3, -0.25) is 19.3 Å². The number of amides is 5. The minimum Gasteiger partial charge on any atom is -0.350 e. The summed E-state index contributed by atoms with van der Waals surface area (Å²) >= 11 is 0. The largest absolute Gasteiger partial charge is 0.350 e. The first-order chi connectivity index (χ1) is 9.17. The molecule has 0 aromatic carbocycles. The summed E-state index contributed by atoms with van der Waals surface area (Å²) in [7, 11) is 0. The average molecular weight is 283 g/mol. The predicted molar refractivity (Wildman–Crippen MR) is 71.6 cm³/mol. The highest BCUT2D eigenvalue weighted by atomic mass is 16.2. The predicted octanol–water partition coefficient (Wildman–Crippen LogP) is 0.492. The second-order valence-electron chi connectivity index (χ2n) is 5.78. The van der Waals surface area contributed by atoms with Crippen LogP contribution in [0.1, 0.15) is 40.5 Å². The van der Waals surface area contributed by atoms with Gasteiger partial charge in [-0.1, -0.05) is 13.3 Å². The summed E-state index contributed by atoms with van der Waals surface area (Å²) in [5, 5.41) is 2.65. The van der Waals surface area contributed by atoms with Crippen LogP contribution in [-0.2, 0) is 14.4 Å². The Morgan fingerprint density at radius 3 is 2.15 bits per heavy atom. The fourth-order valence-corrected chi connectivity index (χ4v) is 1.80. The summed E-state index contributed by atoms with van der Waals surface area (Å²) in [4.78, 5) is 48.7. The van der Waals surface area contributed by atoms with Gasteiger partial charge in [0.05, 0.1) is 0 Å². The van der Waals surface area contributed by atoms with E-state index in [-0.39, 0.29) is 6.54 Å². The van der Waals surface area contributed by atoms with Crippen LogP contribution in [0.5, 0.6) is 0 Å². The number of unbranched alkanes of at least 4 members (excludes halogenated alkanes) is 1. The molecule has 1 aliphatic heterocycles. The lowest BCUT2D eigenvalue weighted by molar-refractivity contribution is -0.144. The van der Waals surface area contributed by atoms with Crippen molar-refractivity contribution in [2.75, 3.05) is 13.1 Å². The lowest BCUT2D eigenvalue weighted by Crippen LogP contribution is -2.47. The molecule has 1 rings (SSSR count). The summed E-state index contributed by atoms with van der Waals surface area (Å²) in [6, 6.07) is -0.711. The van der Waals surface area contributed by atoms with Crippen molar-refractivity contribution in [1.82, 2.24) is 15.1 Å². The maximum atomic E-state index is 12.0. The standard InChI is InChI=1S/C13H21N3O4/c1-5-6-7-15-10(18)11(19)16(12(15)20)8-9(17)14-13(2,3)4/h5-8H2,1-4H3,(H,14,17). The minimum atomic E-state index is -0.935. The summed E-state index contributed by atoms with van der Waals surface area (Å²) in [5.41, 5.74) is -0.463. The fraction of sp³-hybridized carbons (Fsp3) is 0.692. The van der Waals surface area contributed by atoms with Crippen LogP contribution in [0.2, 0.25) is 0 Å². The lowest BCUT2D eigenvalue weighted by atomic mass is 10.1. The Morgan fingerprint density at radius 2 is 1.65 bits per heavy atom. The third-order valence-electron chi connectivity index (χ3n) is 2.69. The Hall–Kier alpha value is -1.92. The molecule has 0 aliphatic carbocycles. The van der Waals surface area contributed by atoms with E-state index >= 15 is 0 Å². The molecule has 0 aromatic rings. The summed E-state index contributed by atoms with van der Waals surface area (Å²) in [5.74, 6) is -2.26. The number of hydrogen-bond acceptors (Lipinski definition) is 4. The molecular weight excluding hydrogens is 262 g/mol. The summed E-state index contributed by atoms with van der Waals surface area (Å²) in [6.07, 6.45) is 1.43. The van der Waals surface area contributed by atoms with Crippen LogP contribution in [0.4, 0.5) is 4.79 Å². The van der Waals surface area contributed by atoms with E-state index in [0.29, 0.717) is 11.3 Å². The Bertz CT molecular complexity index is 439. The van der Waals surface area contributed by atoms with Crippen LogP contribution >= 0.6 is 0 Å². The van der Waals surface area contributed by atoms with Crippen molar-refractivity contribution < 1.29 is 19.2 Å². The number of hydrogen-bond donors (Lipinski definition) is 1. The Labute approximate surface area is 118 Å². The van der Waals surface area contributed by atoms with Gasteiger partial charge in [-0.15, -0.1) is 0 Å². The smallest absolute Gasteiger partial charge is 0.334 e. The fourth-order valence-electron chi connectivity index (χ4n) is 1.80. The molecule has 5 amide bonds. The topological polar surface area (TPSA) is 86.8 Å². The first kappa shape index (κ1) is 16.1. The zero-order chi connectivity index (χ0) is 15.5. The second-order valence-corrected chi connectivity index (χ2v) is 5.78. The molecule has 1 fully saturated rings. The number of urea groups is 1. The molecular formula is C13H21N3O4. The van der Waals surface area contributed by atoms with Gasteiger partial charge >= 0.3 is 17.8 Å². The molecule has 0 bridgehead atoms. The summed E-state index contributed by atoms with van der Waals surface area (Å²) < 4.78 is 0. The van der Waals surface area contributed by atoms with Crippen molar-refractivity contribution in [3.05, 3.63) is 0 Å². The third kappa shape index (κ3) is 3.79. The van der Waals surface area contributed by atoms with Crippen LogP contribution < -0.4 is 5.32 Å². The van der Waals surface area contributed by atoms with Crippen LogP contribution in [0.25, 0.3) is 0 Å². The van der Waals surface area contributed by atoms with E-state index in [0.717, 1.165) is 11.3 Å². The number of nitrogens with one attached hydrogen (secondary N) is 1. The Kier molecular flexibility index (Phi) is 4.86. The molecule has 7 heteroatoms. The van der Waals surface area contributed by atoms with E-state index in [2.05, 4.69) is 5.32 Å². The van der Waals surface area contributed by atoms with Gasteiger partial charge in [-0.05, 0) is 27.2 Å². The van der Waals surface area contributed by atoms with E-state index in [1.807, 2.05) is 6.92 Å². The molecule has 1 aliphatic rings. The molecule has 0 spiro atoms. The SMILES string of the molecule is CCCCN1C(=O)C(=O)N(CC(=O)NC(C)(C)C)C1=O. The lowest BCUT2D eigenvalue weighted by Gasteiger charge is -2.22. The molecule has 0 saturated carbocycles. The second kappa shape index (κ2) is 6.02. The Morgan fingerprint density at radius 1 is 1.10 bits per heavy atom. The van der Waals surface area contributed by atoms with Crippen LogP contribution in [0.3, 0.4) is 0 Å². The van der Waals surface area contributed by atoms with Crippen molar-refractivity contribution in [3.63, 3.8) is 0 Å². The monoisotopic (exact) mass is 283 g/mol. The van der Waals surface area contributed by atoms with Gasteiger partial charge in [-0.25, -0.2) is 9.69 Å². The van der Waals surface area contributed by atoms with Crippen molar-refractivity contribution >= 4 is 23.8 Å². The van der Waals surface area contributed by atoms with Gasteiger partial charge in [0.1, 0.15) is 6.54 Å². The first-order valence-electron chi connectivity index (χ1n) is 6.65. The van der Waals surface area contributed by atoms with Crippen molar-refractivity contribution in [2.45, 2.75) is 46.1 Å². The number of nitrogens with zero attached hydrogens (tertiary/aromatic N) is 2. The molecule has 112 valence electrons. The van der Waals surface area contributed by atoms with E-state index in [9.17, 15) is 19.2 Å². The molecule has 1 saturated heterocycles. The highest BCUT2D eigenvalue weighted by Crippen LogP contribution is 2.13. The zero-order valence-corrected chi connectivity index (χ0v) is 12.4. The molecule has 0 atom stereocenters. The molecule has 0 radical (unpaired) electrons. The van der Waals surface area contributed by atoms with Crippen LogP contribution in [0.15, 0.2) is 0 Å². The van der Waals surface area contributed by atoms with Gasteiger partial charge in [0.15, 0.2) is 0 Å². The average Bonchev–Trinajstić information content (AvgIpc) is 2.50. The third-order valence-corrected chi connectivity index (χ3v) is 2.69. The van der Waals surface area contributed by atoms with E-state index in [1.165, 1.54) is 0 Å². The maximum Gasteiger partial charge on any atom is 0.334 e. The summed E-state index contributed by atoms with van der Waals surface area (Å²) in [6.45, 7) is 7.06. The molecule has 7 nitrogen and oxygen atoms in total. The van der Waals surface area contributed by atoms with Crippen molar-refractivity contribution in [3.8, 4) is 0 Å². The molecule has 20 heavy (non-hydrogen) atoms. The van der Waals surface area contributed by atoms with Crippen LogP contribution in [0, 0.1) is 0 Å². The Balaban J connectivity index is 2.72. The van der Waals surface area contributed by atoms with Gasteiger partial charge in [0, 0.05) is 12.1 Å². The minimum absolute atomic E-state index is 0.206. The number of carbonyl (C=O) groups is 4. The highest BCUT2D eigenvalue weighted by molar-refractivity contribution is 6.45.